The third kappa shape index (κ3) is 4.52. The Morgan fingerprint density at radius 1 is 1.56 bits per heavy atom. The summed E-state index contributed by atoms with van der Waals surface area (Å²) in [6.45, 7) is 6.34. The Balaban J connectivity index is 3.75. The third-order valence-electron chi connectivity index (χ3n) is 0.940. The average molecular weight is 145 g/mol. The van der Waals surface area contributed by atoms with Gasteiger partial charge in [0.05, 0.1) is 5.04 Å². The van der Waals surface area contributed by atoms with Crippen molar-refractivity contribution in [2.24, 2.45) is 4.99 Å². The van der Waals surface area contributed by atoms with E-state index in [-0.39, 0.29) is 0 Å². The summed E-state index contributed by atoms with van der Waals surface area (Å²) in [7, 11) is 0. The Hall–Kier alpha value is 0.0200. The molecule has 0 aromatic heterocycles. The highest BCUT2D eigenvalue weighted by Gasteiger charge is 1.92. The normalized spacial score (nSPS) is 12.8. The molecule has 0 radical (unpaired) electrons. The predicted molar refractivity (Wildman–Crippen MR) is 46.4 cm³/mol. The van der Waals surface area contributed by atoms with Gasteiger partial charge in [0.2, 0.25) is 0 Å². The largest absolute Gasteiger partial charge is 0.280 e. The van der Waals surface area contributed by atoms with Gasteiger partial charge < -0.3 is 0 Å². The van der Waals surface area contributed by atoms with E-state index in [0.717, 1.165) is 6.42 Å². The van der Waals surface area contributed by atoms with Gasteiger partial charge in [0.1, 0.15) is 0 Å². The van der Waals surface area contributed by atoms with Crippen molar-refractivity contribution in [3.63, 3.8) is 0 Å². The van der Waals surface area contributed by atoms with E-state index in [1.54, 1.807) is 11.8 Å². The molecule has 0 spiro atoms. The molecule has 9 heavy (non-hydrogen) atoms. The van der Waals surface area contributed by atoms with Crippen LogP contribution in [0.3, 0.4) is 0 Å². The minimum atomic E-state index is 0.451. The second kappa shape index (κ2) is 4.86. The monoisotopic (exact) mass is 145 g/mol. The van der Waals surface area contributed by atoms with Crippen molar-refractivity contribution in [1.82, 2.24) is 0 Å². The van der Waals surface area contributed by atoms with Crippen LogP contribution in [0, 0.1) is 0 Å². The van der Waals surface area contributed by atoms with E-state index in [9.17, 15) is 0 Å². The summed E-state index contributed by atoms with van der Waals surface area (Å²) < 4.78 is 0. The summed E-state index contributed by atoms with van der Waals surface area (Å²) in [5.41, 5.74) is 0. The van der Waals surface area contributed by atoms with Crippen molar-refractivity contribution in [2.45, 2.75) is 33.2 Å². The van der Waals surface area contributed by atoms with Crippen molar-refractivity contribution < 1.29 is 0 Å². The molecule has 0 aliphatic heterocycles. The van der Waals surface area contributed by atoms with Gasteiger partial charge in [0, 0.05) is 6.04 Å². The van der Waals surface area contributed by atoms with E-state index in [1.807, 2.05) is 0 Å². The summed E-state index contributed by atoms with van der Waals surface area (Å²) in [6.07, 6.45) is 3.14. The molecule has 0 atom stereocenters. The van der Waals surface area contributed by atoms with Crippen LogP contribution in [0.4, 0.5) is 0 Å². The van der Waals surface area contributed by atoms with Crippen LogP contribution in [0.1, 0.15) is 27.2 Å². The van der Waals surface area contributed by atoms with Crippen LogP contribution < -0.4 is 0 Å². The SMILES string of the molecule is CC/C(=N\C(C)C)SC. The Bertz CT molecular complexity index is 91.1. The Labute approximate surface area is 61.9 Å². The zero-order valence-corrected chi connectivity index (χ0v) is 7.46. The molecule has 0 fully saturated rings. The molecule has 0 saturated heterocycles. The fraction of sp³-hybridized carbons (Fsp3) is 0.857. The molecule has 0 aromatic rings. The molecular formula is C7H15NS. The fourth-order valence-electron chi connectivity index (χ4n) is 0.576. The second-order valence-corrected chi connectivity index (χ2v) is 3.05. The van der Waals surface area contributed by atoms with Crippen LogP contribution >= 0.6 is 11.8 Å². The van der Waals surface area contributed by atoms with E-state index in [0.29, 0.717) is 6.04 Å². The molecule has 0 heterocycles. The molecule has 0 amide bonds. The summed E-state index contributed by atoms with van der Waals surface area (Å²) in [5.74, 6) is 0. The highest BCUT2D eigenvalue weighted by Crippen LogP contribution is 2.04. The smallest absolute Gasteiger partial charge is 0.0673 e. The first-order valence-electron chi connectivity index (χ1n) is 3.31. The fourth-order valence-corrected chi connectivity index (χ4v) is 1.18. The van der Waals surface area contributed by atoms with Gasteiger partial charge >= 0.3 is 0 Å². The van der Waals surface area contributed by atoms with Crippen molar-refractivity contribution in [1.29, 1.82) is 0 Å². The molecule has 54 valence electrons. The lowest BCUT2D eigenvalue weighted by molar-refractivity contribution is 0.835. The maximum atomic E-state index is 4.39. The minimum Gasteiger partial charge on any atom is -0.280 e. The number of aliphatic imine (C=N–C) groups is 1. The Morgan fingerprint density at radius 3 is 2.22 bits per heavy atom. The quantitative estimate of drug-likeness (QED) is 0.429. The molecule has 0 N–H and O–H groups in total. The van der Waals surface area contributed by atoms with E-state index in [2.05, 4.69) is 32.0 Å². The topological polar surface area (TPSA) is 12.4 Å². The highest BCUT2D eigenvalue weighted by molar-refractivity contribution is 8.13. The average Bonchev–Trinajstić information content (AvgIpc) is 1.82. The van der Waals surface area contributed by atoms with Crippen LogP contribution in [0.2, 0.25) is 0 Å². The van der Waals surface area contributed by atoms with Crippen molar-refractivity contribution in [3.05, 3.63) is 0 Å². The van der Waals surface area contributed by atoms with Gasteiger partial charge in [0.25, 0.3) is 0 Å². The molecular weight excluding hydrogens is 130 g/mol. The van der Waals surface area contributed by atoms with E-state index < -0.39 is 0 Å². The molecule has 0 aliphatic rings. The lowest BCUT2D eigenvalue weighted by Gasteiger charge is -2.00. The Morgan fingerprint density at radius 2 is 2.11 bits per heavy atom. The number of hydrogen-bond donors (Lipinski definition) is 0. The van der Waals surface area contributed by atoms with E-state index in [4.69, 9.17) is 0 Å². The number of rotatable bonds is 2. The summed E-state index contributed by atoms with van der Waals surface area (Å²) in [6, 6.07) is 0.451. The van der Waals surface area contributed by atoms with Gasteiger partial charge in [-0.1, -0.05) is 6.92 Å². The first kappa shape index (κ1) is 9.02. The molecule has 0 bridgehead atoms. The molecule has 0 unspecified atom stereocenters. The van der Waals surface area contributed by atoms with Gasteiger partial charge in [-0.05, 0) is 26.5 Å². The number of nitrogens with zero attached hydrogens (tertiary/aromatic N) is 1. The predicted octanol–water partition coefficient (Wildman–Crippen LogP) is 2.57. The lowest BCUT2D eigenvalue weighted by Crippen LogP contribution is -1.95. The van der Waals surface area contributed by atoms with Crippen LogP contribution in [-0.2, 0) is 0 Å². The minimum absolute atomic E-state index is 0.451. The third-order valence-corrected chi connectivity index (χ3v) is 1.81. The Kier molecular flexibility index (Phi) is 4.87. The summed E-state index contributed by atoms with van der Waals surface area (Å²) in [5, 5.41) is 1.25. The van der Waals surface area contributed by atoms with Gasteiger partial charge in [-0.15, -0.1) is 11.8 Å². The van der Waals surface area contributed by atoms with Crippen LogP contribution in [0.5, 0.6) is 0 Å². The molecule has 2 heteroatoms. The first-order chi connectivity index (χ1) is 4.20. The maximum Gasteiger partial charge on any atom is 0.0673 e. The van der Waals surface area contributed by atoms with Crippen molar-refractivity contribution in [3.8, 4) is 0 Å². The van der Waals surface area contributed by atoms with Crippen LogP contribution in [0.25, 0.3) is 0 Å². The number of thioether (sulfide) groups is 1. The first-order valence-corrected chi connectivity index (χ1v) is 4.53. The maximum absolute atomic E-state index is 4.39. The lowest BCUT2D eigenvalue weighted by atomic mass is 10.4. The highest BCUT2D eigenvalue weighted by atomic mass is 32.2. The molecule has 0 aromatic carbocycles. The standard InChI is InChI=1S/C7H15NS/c1-5-7(9-4)8-6(2)3/h6H,5H2,1-4H3/b8-7+. The molecule has 0 rings (SSSR count). The van der Waals surface area contributed by atoms with Gasteiger partial charge in [-0.3, -0.25) is 4.99 Å². The van der Waals surface area contributed by atoms with E-state index in [1.165, 1.54) is 5.04 Å². The van der Waals surface area contributed by atoms with Crippen LogP contribution in [-0.4, -0.2) is 17.3 Å². The zero-order chi connectivity index (χ0) is 7.28. The van der Waals surface area contributed by atoms with Gasteiger partial charge in [-0.2, -0.15) is 0 Å². The van der Waals surface area contributed by atoms with Crippen molar-refractivity contribution >= 4 is 16.8 Å². The zero-order valence-electron chi connectivity index (χ0n) is 6.64. The number of hydrogen-bond acceptors (Lipinski definition) is 2. The molecule has 0 aliphatic carbocycles. The van der Waals surface area contributed by atoms with Gasteiger partial charge in [0.15, 0.2) is 0 Å². The van der Waals surface area contributed by atoms with Crippen LogP contribution in [0.15, 0.2) is 4.99 Å². The summed E-state index contributed by atoms with van der Waals surface area (Å²) in [4.78, 5) is 4.39. The molecule has 0 saturated carbocycles. The molecule has 1 nitrogen and oxygen atoms in total. The van der Waals surface area contributed by atoms with Gasteiger partial charge in [-0.25, -0.2) is 0 Å². The second-order valence-electron chi connectivity index (χ2n) is 2.17. The van der Waals surface area contributed by atoms with Crippen molar-refractivity contribution in [2.75, 3.05) is 6.26 Å². The van der Waals surface area contributed by atoms with E-state index >= 15 is 0 Å². The summed E-state index contributed by atoms with van der Waals surface area (Å²) >= 11 is 1.75.